The van der Waals surface area contributed by atoms with Crippen LogP contribution in [0.4, 0.5) is 5.69 Å². The van der Waals surface area contributed by atoms with Gasteiger partial charge in [-0.1, -0.05) is 26.8 Å². The van der Waals surface area contributed by atoms with Gasteiger partial charge in [-0.25, -0.2) is 8.42 Å². The van der Waals surface area contributed by atoms with Crippen molar-refractivity contribution in [2.45, 2.75) is 59.0 Å². The van der Waals surface area contributed by atoms with Crippen molar-refractivity contribution in [1.82, 2.24) is 5.32 Å². The molecule has 33 heavy (non-hydrogen) atoms. The molecule has 2 aromatic rings. The maximum absolute atomic E-state index is 13.4. The van der Waals surface area contributed by atoms with Crippen LogP contribution in [0.15, 0.2) is 36.4 Å². The number of aryl methyl sites for hydroxylation is 1. The number of benzene rings is 2. The van der Waals surface area contributed by atoms with E-state index in [1.807, 2.05) is 19.9 Å². The molecule has 0 saturated carbocycles. The molecule has 0 aliphatic carbocycles. The highest BCUT2D eigenvalue weighted by molar-refractivity contribution is 7.92. The van der Waals surface area contributed by atoms with Crippen molar-refractivity contribution in [1.29, 1.82) is 0 Å². The van der Waals surface area contributed by atoms with Crippen molar-refractivity contribution in [3.63, 3.8) is 0 Å². The molecule has 2 aromatic carbocycles. The van der Waals surface area contributed by atoms with E-state index in [9.17, 15) is 13.2 Å². The van der Waals surface area contributed by atoms with Gasteiger partial charge in [-0.05, 0) is 67.1 Å². The topological polar surface area (TPSA) is 84.9 Å². The number of nitrogens with zero attached hydrogens (tertiary/aromatic N) is 1. The molecule has 7 nitrogen and oxygen atoms in total. The van der Waals surface area contributed by atoms with E-state index >= 15 is 0 Å². The van der Waals surface area contributed by atoms with Crippen LogP contribution in [0.1, 0.15) is 62.8 Å². The zero-order valence-electron chi connectivity index (χ0n) is 20.8. The van der Waals surface area contributed by atoms with Crippen molar-refractivity contribution < 1.29 is 22.7 Å². The Balaban J connectivity index is 2.40. The van der Waals surface area contributed by atoms with Gasteiger partial charge in [0.15, 0.2) is 0 Å². The van der Waals surface area contributed by atoms with Gasteiger partial charge in [0, 0.05) is 6.07 Å². The number of carbonyl (C=O) groups excluding carboxylic acids is 1. The van der Waals surface area contributed by atoms with Gasteiger partial charge < -0.3 is 14.8 Å². The molecule has 0 bridgehead atoms. The van der Waals surface area contributed by atoms with E-state index in [2.05, 4.69) is 25.2 Å². The fourth-order valence-corrected chi connectivity index (χ4v) is 5.21. The van der Waals surface area contributed by atoms with Crippen molar-refractivity contribution in [3.05, 3.63) is 53.1 Å². The Bertz CT molecular complexity index is 1080. The summed E-state index contributed by atoms with van der Waals surface area (Å²) >= 11 is 0. The van der Waals surface area contributed by atoms with E-state index in [1.165, 1.54) is 7.11 Å². The van der Waals surface area contributed by atoms with Gasteiger partial charge in [0.25, 0.3) is 0 Å². The van der Waals surface area contributed by atoms with Crippen LogP contribution < -0.4 is 19.1 Å². The van der Waals surface area contributed by atoms with E-state index in [4.69, 9.17) is 9.47 Å². The summed E-state index contributed by atoms with van der Waals surface area (Å²) < 4.78 is 37.4. The van der Waals surface area contributed by atoms with Crippen LogP contribution in [0, 0.1) is 6.92 Å². The Morgan fingerprint density at radius 3 is 2.24 bits per heavy atom. The number of amides is 1. The molecule has 182 valence electrons. The average Bonchev–Trinajstić information content (AvgIpc) is 2.75. The zero-order chi connectivity index (χ0) is 24.9. The maximum atomic E-state index is 13.4. The number of nitrogens with one attached hydrogen (secondary N) is 1. The van der Waals surface area contributed by atoms with Gasteiger partial charge in [0.2, 0.25) is 15.9 Å². The molecule has 0 aliphatic heterocycles. The molecule has 0 aliphatic rings. The Kier molecular flexibility index (Phi) is 8.77. The lowest BCUT2D eigenvalue weighted by Crippen LogP contribution is -2.49. The molecule has 2 atom stereocenters. The third kappa shape index (κ3) is 6.19. The quantitative estimate of drug-likeness (QED) is 0.543. The maximum Gasteiger partial charge on any atom is 0.244 e. The van der Waals surface area contributed by atoms with Crippen molar-refractivity contribution >= 4 is 21.6 Å². The summed E-state index contributed by atoms with van der Waals surface area (Å²) in [5.74, 6) is 1.22. The molecule has 0 unspecified atom stereocenters. The highest BCUT2D eigenvalue weighted by Crippen LogP contribution is 2.32. The number of hydrogen-bond donors (Lipinski definition) is 1. The van der Waals surface area contributed by atoms with Crippen LogP contribution in [0.3, 0.4) is 0 Å². The van der Waals surface area contributed by atoms with E-state index in [1.54, 1.807) is 38.3 Å². The minimum atomic E-state index is -3.73. The van der Waals surface area contributed by atoms with Crippen LogP contribution in [-0.2, 0) is 14.8 Å². The summed E-state index contributed by atoms with van der Waals surface area (Å²) in [7, 11) is -0.574. The first-order valence-electron chi connectivity index (χ1n) is 11.1. The van der Waals surface area contributed by atoms with Crippen molar-refractivity contribution in [2.75, 3.05) is 24.8 Å². The van der Waals surface area contributed by atoms with Crippen molar-refractivity contribution in [2.24, 2.45) is 0 Å². The number of ether oxygens (including phenoxy) is 2. The molecule has 1 N–H and O–H groups in total. The molecule has 0 heterocycles. The summed E-state index contributed by atoms with van der Waals surface area (Å²) in [5, 5.41) is 3.03. The largest absolute Gasteiger partial charge is 0.497 e. The lowest BCUT2D eigenvalue weighted by Gasteiger charge is -2.31. The lowest BCUT2D eigenvalue weighted by molar-refractivity contribution is -0.122. The Hall–Kier alpha value is -2.74. The summed E-state index contributed by atoms with van der Waals surface area (Å²) in [4.78, 5) is 13.4. The Labute approximate surface area is 198 Å². The monoisotopic (exact) mass is 476 g/mol. The number of sulfonamides is 1. The highest BCUT2D eigenvalue weighted by atomic mass is 32.2. The van der Waals surface area contributed by atoms with Gasteiger partial charge in [0.1, 0.15) is 17.5 Å². The first-order valence-corrected chi connectivity index (χ1v) is 12.9. The molecule has 0 radical (unpaired) electrons. The smallest absolute Gasteiger partial charge is 0.244 e. The summed E-state index contributed by atoms with van der Waals surface area (Å²) in [5.41, 5.74) is 3.40. The second-order valence-corrected chi connectivity index (χ2v) is 10.4. The van der Waals surface area contributed by atoms with Gasteiger partial charge in [-0.3, -0.25) is 9.10 Å². The third-order valence-corrected chi connectivity index (χ3v) is 6.88. The fraction of sp³-hybridized carbons (Fsp3) is 0.480. The number of rotatable bonds is 10. The third-order valence-electron chi connectivity index (χ3n) is 5.70. The first kappa shape index (κ1) is 26.5. The van der Waals surface area contributed by atoms with Crippen LogP contribution in [0.25, 0.3) is 0 Å². The minimum Gasteiger partial charge on any atom is -0.497 e. The number of methoxy groups -OCH3 is 2. The molecule has 0 aromatic heterocycles. The molecule has 0 saturated heterocycles. The van der Waals surface area contributed by atoms with E-state index in [0.29, 0.717) is 17.9 Å². The highest BCUT2D eigenvalue weighted by Gasteiger charge is 2.32. The summed E-state index contributed by atoms with van der Waals surface area (Å²) in [6.45, 7) is 9.85. The average molecular weight is 477 g/mol. The summed E-state index contributed by atoms with van der Waals surface area (Å²) in [6.07, 6.45) is 1.41. The van der Waals surface area contributed by atoms with Gasteiger partial charge >= 0.3 is 0 Å². The van der Waals surface area contributed by atoms with Gasteiger partial charge in [-0.15, -0.1) is 0 Å². The number of carbonyl (C=O) groups is 1. The second-order valence-electron chi connectivity index (χ2n) is 8.52. The van der Waals surface area contributed by atoms with Crippen LogP contribution in [0.5, 0.6) is 11.5 Å². The first-order chi connectivity index (χ1) is 15.4. The van der Waals surface area contributed by atoms with Crippen LogP contribution in [0.2, 0.25) is 0 Å². The predicted octanol–water partition coefficient (Wildman–Crippen LogP) is 4.56. The molecule has 2 rings (SSSR count). The number of anilines is 1. The van der Waals surface area contributed by atoms with Crippen LogP contribution >= 0.6 is 0 Å². The van der Waals surface area contributed by atoms with E-state index in [-0.39, 0.29) is 17.9 Å². The molecule has 1 amide bonds. The SMILES string of the molecule is CC[C@H](C(=O)N[C@H](C)c1cc(C(C)C)c(OC)cc1C)N(c1cccc(OC)c1)S(C)(=O)=O. The molecule has 0 spiro atoms. The second kappa shape index (κ2) is 10.9. The van der Waals surface area contributed by atoms with E-state index in [0.717, 1.165) is 33.0 Å². The number of hydrogen-bond acceptors (Lipinski definition) is 5. The molecule has 0 fully saturated rings. The molecule has 8 heteroatoms. The Morgan fingerprint density at radius 1 is 1.06 bits per heavy atom. The normalized spacial score (nSPS) is 13.4. The minimum absolute atomic E-state index is 0.249. The summed E-state index contributed by atoms with van der Waals surface area (Å²) in [6, 6.07) is 9.51. The lowest BCUT2D eigenvalue weighted by atomic mass is 9.93. The van der Waals surface area contributed by atoms with Crippen LogP contribution in [-0.4, -0.2) is 40.8 Å². The molecular formula is C25H36N2O5S. The van der Waals surface area contributed by atoms with Gasteiger partial charge in [-0.2, -0.15) is 0 Å². The van der Waals surface area contributed by atoms with E-state index < -0.39 is 16.1 Å². The fourth-order valence-electron chi connectivity index (χ4n) is 4.01. The zero-order valence-corrected chi connectivity index (χ0v) is 21.6. The molecular weight excluding hydrogens is 440 g/mol. The van der Waals surface area contributed by atoms with Crippen molar-refractivity contribution in [3.8, 4) is 11.5 Å². The van der Waals surface area contributed by atoms with Gasteiger partial charge in [0.05, 0.1) is 32.2 Å². The Morgan fingerprint density at radius 2 is 1.73 bits per heavy atom. The predicted molar refractivity (Wildman–Crippen MR) is 133 cm³/mol. The standard InChI is InChI=1S/C25H36N2O5S/c1-9-23(27(33(8,29)30)19-11-10-12-20(14-19)31-6)25(28)26-18(5)22-15-21(16(2)3)24(32-7)13-17(22)4/h10-16,18,23H,9H2,1-8H3,(H,26,28)/t18-,23-/m1/s1.